The molecular weight excluding hydrogens is 162 g/mol. The summed E-state index contributed by atoms with van der Waals surface area (Å²) >= 11 is 0. The summed E-state index contributed by atoms with van der Waals surface area (Å²) in [7, 11) is 2.14. The SMILES string of the molecule is CCCN(C)CCC1CCCC1=O. The summed E-state index contributed by atoms with van der Waals surface area (Å²) in [6.45, 7) is 4.43. The van der Waals surface area contributed by atoms with Gasteiger partial charge in [0.05, 0.1) is 0 Å². The number of ketones is 1. The highest BCUT2D eigenvalue weighted by Crippen LogP contribution is 2.24. The minimum atomic E-state index is 0.388. The summed E-state index contributed by atoms with van der Waals surface area (Å²) in [5.41, 5.74) is 0. The van der Waals surface area contributed by atoms with Gasteiger partial charge in [-0.15, -0.1) is 0 Å². The van der Waals surface area contributed by atoms with Crippen LogP contribution in [0, 0.1) is 5.92 Å². The number of hydrogen-bond acceptors (Lipinski definition) is 2. The summed E-state index contributed by atoms with van der Waals surface area (Å²) < 4.78 is 0. The van der Waals surface area contributed by atoms with Crippen molar-refractivity contribution in [3.8, 4) is 0 Å². The molecule has 1 aliphatic rings. The van der Waals surface area contributed by atoms with Crippen LogP contribution in [-0.4, -0.2) is 30.8 Å². The van der Waals surface area contributed by atoms with Crippen molar-refractivity contribution in [3.05, 3.63) is 0 Å². The van der Waals surface area contributed by atoms with E-state index >= 15 is 0 Å². The molecule has 0 saturated heterocycles. The van der Waals surface area contributed by atoms with Crippen LogP contribution >= 0.6 is 0 Å². The number of carbonyl (C=O) groups excluding carboxylic acids is 1. The maximum Gasteiger partial charge on any atom is 0.136 e. The van der Waals surface area contributed by atoms with Crippen molar-refractivity contribution in [2.45, 2.75) is 39.0 Å². The number of rotatable bonds is 5. The van der Waals surface area contributed by atoms with Crippen molar-refractivity contribution < 1.29 is 4.79 Å². The molecular formula is C11H21NO. The Morgan fingerprint density at radius 1 is 1.46 bits per heavy atom. The predicted molar refractivity (Wildman–Crippen MR) is 54.8 cm³/mol. The van der Waals surface area contributed by atoms with Gasteiger partial charge in [0, 0.05) is 12.3 Å². The minimum Gasteiger partial charge on any atom is -0.306 e. The van der Waals surface area contributed by atoms with E-state index in [-0.39, 0.29) is 0 Å². The van der Waals surface area contributed by atoms with E-state index < -0.39 is 0 Å². The first kappa shape index (κ1) is 10.7. The van der Waals surface area contributed by atoms with Crippen LogP contribution in [-0.2, 0) is 4.79 Å². The molecule has 1 atom stereocenters. The lowest BCUT2D eigenvalue weighted by molar-refractivity contribution is -0.120. The fourth-order valence-electron chi connectivity index (χ4n) is 2.06. The van der Waals surface area contributed by atoms with Crippen LogP contribution in [0.1, 0.15) is 39.0 Å². The zero-order chi connectivity index (χ0) is 9.68. The molecule has 2 nitrogen and oxygen atoms in total. The van der Waals surface area contributed by atoms with E-state index in [0.717, 1.165) is 38.8 Å². The van der Waals surface area contributed by atoms with Gasteiger partial charge in [-0.25, -0.2) is 0 Å². The Morgan fingerprint density at radius 3 is 2.77 bits per heavy atom. The Kier molecular flexibility index (Phi) is 4.43. The molecule has 1 fully saturated rings. The molecule has 0 aromatic heterocycles. The number of Topliss-reactive ketones (excluding diaryl/α,β-unsaturated/α-hetero) is 1. The molecule has 1 rings (SSSR count). The third kappa shape index (κ3) is 3.47. The Bertz CT molecular complexity index is 167. The van der Waals surface area contributed by atoms with E-state index in [1.807, 2.05) is 0 Å². The number of nitrogens with zero attached hydrogens (tertiary/aromatic N) is 1. The third-order valence-electron chi connectivity index (χ3n) is 2.90. The summed E-state index contributed by atoms with van der Waals surface area (Å²) in [5, 5.41) is 0. The smallest absolute Gasteiger partial charge is 0.136 e. The van der Waals surface area contributed by atoms with Crippen LogP contribution in [0.25, 0.3) is 0 Å². The van der Waals surface area contributed by atoms with Gasteiger partial charge in [0.1, 0.15) is 5.78 Å². The highest BCUT2D eigenvalue weighted by Gasteiger charge is 2.23. The zero-order valence-corrected chi connectivity index (χ0v) is 8.88. The molecule has 0 aliphatic heterocycles. The molecule has 0 heterocycles. The molecule has 0 aromatic rings. The molecule has 76 valence electrons. The van der Waals surface area contributed by atoms with Gasteiger partial charge in [-0.2, -0.15) is 0 Å². The van der Waals surface area contributed by atoms with Crippen molar-refractivity contribution in [2.24, 2.45) is 5.92 Å². The van der Waals surface area contributed by atoms with Crippen LogP contribution in [0.15, 0.2) is 0 Å². The number of carbonyl (C=O) groups is 1. The minimum absolute atomic E-state index is 0.388. The topological polar surface area (TPSA) is 20.3 Å². The first-order chi connectivity index (χ1) is 6.24. The second-order valence-corrected chi connectivity index (χ2v) is 4.15. The molecule has 1 unspecified atom stereocenters. The summed E-state index contributed by atoms with van der Waals surface area (Å²) in [6, 6.07) is 0. The van der Waals surface area contributed by atoms with Crippen molar-refractivity contribution >= 4 is 5.78 Å². The van der Waals surface area contributed by atoms with Crippen molar-refractivity contribution in [1.82, 2.24) is 4.90 Å². The predicted octanol–water partition coefficient (Wildman–Crippen LogP) is 2.09. The first-order valence-electron chi connectivity index (χ1n) is 5.45. The van der Waals surface area contributed by atoms with Crippen molar-refractivity contribution in [1.29, 1.82) is 0 Å². The largest absolute Gasteiger partial charge is 0.306 e. The number of hydrogen-bond donors (Lipinski definition) is 0. The average molecular weight is 183 g/mol. The maximum absolute atomic E-state index is 11.3. The van der Waals surface area contributed by atoms with Crippen LogP contribution in [0.4, 0.5) is 0 Å². The molecule has 2 heteroatoms. The quantitative estimate of drug-likeness (QED) is 0.650. The van der Waals surface area contributed by atoms with Crippen molar-refractivity contribution in [3.63, 3.8) is 0 Å². The molecule has 0 spiro atoms. The molecule has 1 aliphatic carbocycles. The standard InChI is InChI=1S/C11H21NO/c1-3-8-12(2)9-7-10-5-4-6-11(10)13/h10H,3-9H2,1-2H3. The van der Waals surface area contributed by atoms with Crippen LogP contribution in [0.5, 0.6) is 0 Å². The maximum atomic E-state index is 11.3. The first-order valence-corrected chi connectivity index (χ1v) is 5.45. The van der Waals surface area contributed by atoms with Gasteiger partial charge in [-0.05, 0) is 45.8 Å². The van der Waals surface area contributed by atoms with Crippen molar-refractivity contribution in [2.75, 3.05) is 20.1 Å². The second-order valence-electron chi connectivity index (χ2n) is 4.15. The lowest BCUT2D eigenvalue weighted by atomic mass is 10.0. The van der Waals surface area contributed by atoms with Crippen LogP contribution in [0.2, 0.25) is 0 Å². The monoisotopic (exact) mass is 183 g/mol. The van der Waals surface area contributed by atoms with E-state index in [2.05, 4.69) is 18.9 Å². The second kappa shape index (κ2) is 5.38. The molecule has 1 saturated carbocycles. The Hall–Kier alpha value is -0.370. The lowest BCUT2D eigenvalue weighted by Crippen LogP contribution is -2.23. The highest BCUT2D eigenvalue weighted by molar-refractivity contribution is 5.82. The van der Waals surface area contributed by atoms with Gasteiger partial charge in [-0.1, -0.05) is 6.92 Å². The van der Waals surface area contributed by atoms with Crippen LogP contribution < -0.4 is 0 Å². The van der Waals surface area contributed by atoms with Gasteiger partial charge >= 0.3 is 0 Å². The fourth-order valence-corrected chi connectivity index (χ4v) is 2.06. The molecule has 0 amide bonds. The van der Waals surface area contributed by atoms with Gasteiger partial charge in [-0.3, -0.25) is 4.79 Å². The van der Waals surface area contributed by atoms with Crippen LogP contribution in [0.3, 0.4) is 0 Å². The van der Waals surface area contributed by atoms with Gasteiger partial charge in [0.2, 0.25) is 0 Å². The van der Waals surface area contributed by atoms with Gasteiger partial charge < -0.3 is 4.90 Å². The highest BCUT2D eigenvalue weighted by atomic mass is 16.1. The Balaban J connectivity index is 2.14. The molecule has 0 N–H and O–H groups in total. The van der Waals surface area contributed by atoms with Gasteiger partial charge in [0.15, 0.2) is 0 Å². The summed E-state index contributed by atoms with van der Waals surface area (Å²) in [4.78, 5) is 13.7. The Morgan fingerprint density at radius 2 is 2.23 bits per heavy atom. The molecule has 0 aromatic carbocycles. The fraction of sp³-hybridized carbons (Fsp3) is 0.909. The third-order valence-corrected chi connectivity index (χ3v) is 2.90. The van der Waals surface area contributed by atoms with E-state index in [0.29, 0.717) is 11.7 Å². The molecule has 0 radical (unpaired) electrons. The molecule has 0 bridgehead atoms. The summed E-state index contributed by atoms with van der Waals surface area (Å²) in [6.07, 6.45) is 5.38. The lowest BCUT2D eigenvalue weighted by Gasteiger charge is -2.17. The average Bonchev–Trinajstić information content (AvgIpc) is 2.48. The van der Waals surface area contributed by atoms with Gasteiger partial charge in [0.25, 0.3) is 0 Å². The van der Waals surface area contributed by atoms with E-state index in [9.17, 15) is 4.79 Å². The normalized spacial score (nSPS) is 23.0. The Labute approximate surface area is 81.3 Å². The molecule has 13 heavy (non-hydrogen) atoms. The van der Waals surface area contributed by atoms with E-state index in [1.165, 1.54) is 6.42 Å². The summed E-state index contributed by atoms with van der Waals surface area (Å²) in [5.74, 6) is 0.893. The van der Waals surface area contributed by atoms with E-state index in [1.54, 1.807) is 0 Å². The zero-order valence-electron chi connectivity index (χ0n) is 8.88. The van der Waals surface area contributed by atoms with E-state index in [4.69, 9.17) is 0 Å².